The molecule has 0 aliphatic rings. The van der Waals surface area contributed by atoms with Gasteiger partial charge in [-0.05, 0) is 38.6 Å². The number of anilines is 2. The zero-order valence-corrected chi connectivity index (χ0v) is 12.1. The van der Waals surface area contributed by atoms with Crippen LogP contribution >= 0.6 is 0 Å². The Hall–Kier alpha value is -1.43. The van der Waals surface area contributed by atoms with Crippen molar-refractivity contribution in [3.05, 3.63) is 23.8 Å². The molecule has 20 heavy (non-hydrogen) atoms. The number of benzene rings is 1. The third-order valence-electron chi connectivity index (χ3n) is 3.50. The summed E-state index contributed by atoms with van der Waals surface area (Å²) in [6, 6.07) is 3.85. The van der Waals surface area contributed by atoms with Crippen molar-refractivity contribution < 1.29 is 13.2 Å². The first kappa shape index (κ1) is 16.6. The van der Waals surface area contributed by atoms with E-state index in [1.807, 2.05) is 7.05 Å². The van der Waals surface area contributed by atoms with Crippen LogP contribution in [0.4, 0.5) is 24.5 Å². The van der Waals surface area contributed by atoms with Gasteiger partial charge >= 0.3 is 6.18 Å². The molecule has 1 aromatic carbocycles. The summed E-state index contributed by atoms with van der Waals surface area (Å²) in [5.41, 5.74) is 5.57. The van der Waals surface area contributed by atoms with Gasteiger partial charge in [-0.15, -0.1) is 0 Å². The average Bonchev–Trinajstić information content (AvgIpc) is 2.38. The molecule has 1 rings (SSSR count). The fourth-order valence-electron chi connectivity index (χ4n) is 1.80. The summed E-state index contributed by atoms with van der Waals surface area (Å²) in [6.45, 7) is 5.68. The highest BCUT2D eigenvalue weighted by molar-refractivity contribution is 5.67. The topological polar surface area (TPSA) is 41.3 Å². The third-order valence-corrected chi connectivity index (χ3v) is 3.50. The Balaban J connectivity index is 2.57. The van der Waals surface area contributed by atoms with Crippen LogP contribution in [0.2, 0.25) is 0 Å². The Morgan fingerprint density at radius 1 is 1.35 bits per heavy atom. The van der Waals surface area contributed by atoms with E-state index in [1.165, 1.54) is 6.07 Å². The van der Waals surface area contributed by atoms with Gasteiger partial charge in [-0.2, -0.15) is 13.2 Å². The molecule has 0 radical (unpaired) electrons. The third kappa shape index (κ3) is 4.59. The largest absolute Gasteiger partial charge is 0.416 e. The van der Waals surface area contributed by atoms with Gasteiger partial charge in [0.1, 0.15) is 0 Å². The second-order valence-electron chi connectivity index (χ2n) is 4.96. The lowest BCUT2D eigenvalue weighted by Crippen LogP contribution is -2.32. The van der Waals surface area contributed by atoms with Crippen molar-refractivity contribution in [3.63, 3.8) is 0 Å². The molecule has 0 heterocycles. The number of alkyl halides is 3. The first-order valence-electron chi connectivity index (χ1n) is 6.66. The van der Waals surface area contributed by atoms with Gasteiger partial charge in [0, 0.05) is 19.1 Å². The second kappa shape index (κ2) is 6.83. The van der Waals surface area contributed by atoms with Crippen LogP contribution in [-0.4, -0.2) is 31.1 Å². The lowest BCUT2D eigenvalue weighted by Gasteiger charge is -2.24. The van der Waals surface area contributed by atoms with Crippen LogP contribution in [0, 0.1) is 0 Å². The van der Waals surface area contributed by atoms with Crippen LogP contribution in [0.1, 0.15) is 25.8 Å². The van der Waals surface area contributed by atoms with Gasteiger partial charge in [-0.25, -0.2) is 0 Å². The molecule has 3 nitrogen and oxygen atoms in total. The smallest absolute Gasteiger partial charge is 0.397 e. The quantitative estimate of drug-likeness (QED) is 0.788. The summed E-state index contributed by atoms with van der Waals surface area (Å²) >= 11 is 0. The zero-order valence-electron chi connectivity index (χ0n) is 12.1. The minimum atomic E-state index is -4.36. The maximum atomic E-state index is 12.5. The maximum Gasteiger partial charge on any atom is 0.416 e. The summed E-state index contributed by atoms with van der Waals surface area (Å²) in [5.74, 6) is 0. The maximum absolute atomic E-state index is 12.5. The van der Waals surface area contributed by atoms with Crippen molar-refractivity contribution in [1.82, 2.24) is 4.90 Å². The first-order chi connectivity index (χ1) is 9.25. The minimum absolute atomic E-state index is 0.117. The molecule has 114 valence electrons. The van der Waals surface area contributed by atoms with Gasteiger partial charge in [-0.1, -0.05) is 6.92 Å². The van der Waals surface area contributed by atoms with Crippen LogP contribution in [0.15, 0.2) is 18.2 Å². The highest BCUT2D eigenvalue weighted by atomic mass is 19.4. The molecule has 0 amide bonds. The number of nitrogens with one attached hydrogen (secondary N) is 1. The van der Waals surface area contributed by atoms with Crippen molar-refractivity contribution >= 4 is 11.4 Å². The molecule has 6 heteroatoms. The number of nitrogens with two attached hydrogens (primary N) is 1. The lowest BCUT2D eigenvalue weighted by atomic mass is 10.1. The normalized spacial score (nSPS) is 13.6. The summed E-state index contributed by atoms with van der Waals surface area (Å²) in [6.07, 6.45) is -3.30. The van der Waals surface area contributed by atoms with Crippen LogP contribution in [0.25, 0.3) is 0 Å². The number of nitrogens with zero attached hydrogens (tertiary/aromatic N) is 1. The Labute approximate surface area is 117 Å². The van der Waals surface area contributed by atoms with Gasteiger partial charge in [0.15, 0.2) is 0 Å². The van der Waals surface area contributed by atoms with Crippen LogP contribution in [-0.2, 0) is 6.18 Å². The van der Waals surface area contributed by atoms with Crippen molar-refractivity contribution in [2.24, 2.45) is 0 Å². The SMILES string of the molecule is CCC(C)N(C)CCNc1ccc(C(F)(F)F)cc1N. The van der Waals surface area contributed by atoms with E-state index in [2.05, 4.69) is 24.1 Å². The predicted molar refractivity (Wildman–Crippen MR) is 76.7 cm³/mol. The minimum Gasteiger partial charge on any atom is -0.397 e. The predicted octanol–water partition coefficient (Wildman–Crippen LogP) is 3.43. The zero-order chi connectivity index (χ0) is 15.3. The van der Waals surface area contributed by atoms with E-state index < -0.39 is 11.7 Å². The number of hydrogen-bond donors (Lipinski definition) is 2. The Kier molecular flexibility index (Phi) is 5.68. The van der Waals surface area contributed by atoms with E-state index >= 15 is 0 Å². The monoisotopic (exact) mass is 289 g/mol. The van der Waals surface area contributed by atoms with Crippen molar-refractivity contribution in [3.8, 4) is 0 Å². The van der Waals surface area contributed by atoms with Crippen LogP contribution < -0.4 is 11.1 Å². The molecule has 0 bridgehead atoms. The van der Waals surface area contributed by atoms with Crippen molar-refractivity contribution in [2.45, 2.75) is 32.5 Å². The molecular weight excluding hydrogens is 267 g/mol. The number of likely N-dealkylation sites (N-methyl/N-ethyl adjacent to an activating group) is 1. The highest BCUT2D eigenvalue weighted by Gasteiger charge is 2.30. The van der Waals surface area contributed by atoms with Crippen LogP contribution in [0.5, 0.6) is 0 Å². The van der Waals surface area contributed by atoms with E-state index in [9.17, 15) is 13.2 Å². The number of hydrogen-bond acceptors (Lipinski definition) is 3. The number of nitrogen functional groups attached to an aromatic ring is 1. The fourth-order valence-corrected chi connectivity index (χ4v) is 1.80. The molecule has 0 spiro atoms. The summed E-state index contributed by atoms with van der Waals surface area (Å²) < 4.78 is 37.5. The van der Waals surface area contributed by atoms with E-state index in [0.29, 0.717) is 18.3 Å². The highest BCUT2D eigenvalue weighted by Crippen LogP contribution is 2.32. The van der Waals surface area contributed by atoms with E-state index in [4.69, 9.17) is 5.73 Å². The van der Waals surface area contributed by atoms with Crippen molar-refractivity contribution in [2.75, 3.05) is 31.2 Å². The molecule has 3 N–H and O–H groups in total. The Morgan fingerprint density at radius 2 is 2.00 bits per heavy atom. The number of rotatable bonds is 6. The van der Waals surface area contributed by atoms with E-state index in [0.717, 1.165) is 25.1 Å². The molecule has 0 aliphatic heterocycles. The first-order valence-corrected chi connectivity index (χ1v) is 6.66. The van der Waals surface area contributed by atoms with E-state index in [-0.39, 0.29) is 5.69 Å². The molecule has 1 atom stereocenters. The molecule has 0 fully saturated rings. The van der Waals surface area contributed by atoms with Gasteiger partial charge < -0.3 is 16.0 Å². The van der Waals surface area contributed by atoms with Gasteiger partial charge in [0.25, 0.3) is 0 Å². The van der Waals surface area contributed by atoms with Gasteiger partial charge in [0.2, 0.25) is 0 Å². The van der Waals surface area contributed by atoms with Crippen molar-refractivity contribution in [1.29, 1.82) is 0 Å². The van der Waals surface area contributed by atoms with E-state index in [1.54, 1.807) is 0 Å². The molecular formula is C14H22F3N3. The summed E-state index contributed by atoms with van der Waals surface area (Å²) in [5, 5.41) is 3.07. The molecule has 1 aromatic rings. The van der Waals surface area contributed by atoms with Gasteiger partial charge in [-0.3, -0.25) is 0 Å². The standard InChI is InChI=1S/C14H22F3N3/c1-4-10(2)20(3)8-7-19-13-6-5-11(9-12(13)18)14(15,16)17/h5-6,9-10,19H,4,7-8,18H2,1-3H3. The molecule has 0 aromatic heterocycles. The van der Waals surface area contributed by atoms with Crippen LogP contribution in [0.3, 0.4) is 0 Å². The molecule has 0 saturated carbocycles. The Bertz CT molecular complexity index is 432. The summed E-state index contributed by atoms with van der Waals surface area (Å²) in [4.78, 5) is 2.19. The molecule has 0 saturated heterocycles. The number of halogens is 3. The molecule has 1 unspecified atom stereocenters. The van der Waals surface area contributed by atoms with Gasteiger partial charge in [0.05, 0.1) is 16.9 Å². The Morgan fingerprint density at radius 3 is 2.50 bits per heavy atom. The molecule has 0 aliphatic carbocycles. The summed E-state index contributed by atoms with van der Waals surface area (Å²) in [7, 11) is 2.02. The second-order valence-corrected chi connectivity index (χ2v) is 4.96. The average molecular weight is 289 g/mol. The fraction of sp³-hybridized carbons (Fsp3) is 0.571. The lowest BCUT2D eigenvalue weighted by molar-refractivity contribution is -0.137.